The predicted octanol–water partition coefficient (Wildman–Crippen LogP) is 1.41. The molecule has 0 aliphatic carbocycles. The molecule has 8 heteroatoms. The molecule has 1 aromatic carbocycles. The molecule has 0 bridgehead atoms. The molecular weight excluding hydrogens is 378 g/mol. The standard InChI is InChI=1S/C20H31N3O4S/c1-4-13(2)17(21)19(25)22-15(10-11-28-3)18(24)23-16(20(26)27)12-14-8-6-5-7-9-14/h5-9,13,15-17H,4,10-12,21H2,1-3H3,(H,22,25)(H,23,24)(H,26,27)/t13-,15-,16-,17-/m0/s1. The lowest BCUT2D eigenvalue weighted by molar-refractivity contribution is -0.142. The lowest BCUT2D eigenvalue weighted by Crippen LogP contribution is -2.55. The third-order valence-corrected chi connectivity index (χ3v) is 5.34. The summed E-state index contributed by atoms with van der Waals surface area (Å²) in [6.07, 6.45) is 3.20. The van der Waals surface area contributed by atoms with Crippen molar-refractivity contribution in [3.8, 4) is 0 Å². The van der Waals surface area contributed by atoms with Crippen LogP contribution in [0.15, 0.2) is 30.3 Å². The molecule has 7 nitrogen and oxygen atoms in total. The topological polar surface area (TPSA) is 122 Å². The number of carboxylic acids is 1. The summed E-state index contributed by atoms with van der Waals surface area (Å²) in [6.45, 7) is 3.82. The molecule has 0 saturated heterocycles. The minimum Gasteiger partial charge on any atom is -0.480 e. The van der Waals surface area contributed by atoms with Crippen LogP contribution in [0.1, 0.15) is 32.3 Å². The first kappa shape index (κ1) is 24.0. The van der Waals surface area contributed by atoms with Crippen molar-refractivity contribution in [1.82, 2.24) is 10.6 Å². The number of hydrogen-bond donors (Lipinski definition) is 4. The highest BCUT2D eigenvalue weighted by molar-refractivity contribution is 7.98. The number of nitrogens with one attached hydrogen (secondary N) is 2. The van der Waals surface area contributed by atoms with Gasteiger partial charge in [0, 0.05) is 6.42 Å². The Morgan fingerprint density at radius 3 is 2.25 bits per heavy atom. The van der Waals surface area contributed by atoms with Gasteiger partial charge in [0.15, 0.2) is 0 Å². The highest BCUT2D eigenvalue weighted by Crippen LogP contribution is 2.09. The van der Waals surface area contributed by atoms with E-state index in [0.29, 0.717) is 12.2 Å². The van der Waals surface area contributed by atoms with Gasteiger partial charge in [0.1, 0.15) is 12.1 Å². The molecule has 0 radical (unpaired) electrons. The maximum Gasteiger partial charge on any atom is 0.326 e. The lowest BCUT2D eigenvalue weighted by Gasteiger charge is -2.24. The molecule has 0 saturated carbocycles. The molecule has 2 amide bonds. The van der Waals surface area contributed by atoms with Crippen LogP contribution in [0.4, 0.5) is 0 Å². The fourth-order valence-corrected chi connectivity index (χ4v) is 3.08. The van der Waals surface area contributed by atoms with Gasteiger partial charge in [-0.05, 0) is 29.9 Å². The molecular formula is C20H31N3O4S. The van der Waals surface area contributed by atoms with Crippen LogP contribution in [0.2, 0.25) is 0 Å². The van der Waals surface area contributed by atoms with Gasteiger partial charge in [-0.2, -0.15) is 11.8 Å². The van der Waals surface area contributed by atoms with Crippen molar-refractivity contribution in [3.05, 3.63) is 35.9 Å². The van der Waals surface area contributed by atoms with Crippen LogP contribution < -0.4 is 16.4 Å². The minimum atomic E-state index is -1.12. The monoisotopic (exact) mass is 409 g/mol. The highest BCUT2D eigenvalue weighted by atomic mass is 32.2. The fourth-order valence-electron chi connectivity index (χ4n) is 2.61. The summed E-state index contributed by atoms with van der Waals surface area (Å²) in [7, 11) is 0. The van der Waals surface area contributed by atoms with Gasteiger partial charge >= 0.3 is 5.97 Å². The normalized spacial score (nSPS) is 15.1. The summed E-state index contributed by atoms with van der Waals surface area (Å²) >= 11 is 1.54. The first-order valence-electron chi connectivity index (χ1n) is 9.42. The van der Waals surface area contributed by atoms with E-state index < -0.39 is 35.9 Å². The number of hydrogen-bond acceptors (Lipinski definition) is 5. The Morgan fingerprint density at radius 2 is 1.71 bits per heavy atom. The Kier molecular flexibility index (Phi) is 10.6. The van der Waals surface area contributed by atoms with Crippen molar-refractivity contribution in [2.75, 3.05) is 12.0 Å². The molecule has 1 aromatic rings. The van der Waals surface area contributed by atoms with Crippen LogP contribution in [-0.4, -0.2) is 53.0 Å². The number of carbonyl (C=O) groups is 3. The van der Waals surface area contributed by atoms with Gasteiger partial charge in [0.2, 0.25) is 11.8 Å². The van der Waals surface area contributed by atoms with E-state index in [1.807, 2.05) is 38.3 Å². The highest BCUT2D eigenvalue weighted by Gasteiger charge is 2.29. The zero-order valence-electron chi connectivity index (χ0n) is 16.7. The van der Waals surface area contributed by atoms with Crippen LogP contribution in [0, 0.1) is 5.92 Å². The first-order valence-corrected chi connectivity index (χ1v) is 10.8. The van der Waals surface area contributed by atoms with Crippen LogP contribution in [0.5, 0.6) is 0 Å². The number of carboxylic acid groups (broad SMARTS) is 1. The van der Waals surface area contributed by atoms with Crippen molar-refractivity contribution in [2.45, 2.75) is 51.2 Å². The molecule has 5 N–H and O–H groups in total. The molecule has 1 rings (SSSR count). The summed E-state index contributed by atoms with van der Waals surface area (Å²) in [6, 6.07) is 6.46. The van der Waals surface area contributed by atoms with Crippen molar-refractivity contribution >= 4 is 29.5 Å². The second-order valence-electron chi connectivity index (χ2n) is 6.84. The number of rotatable bonds is 12. The number of thioether (sulfide) groups is 1. The van der Waals surface area contributed by atoms with Gasteiger partial charge in [-0.15, -0.1) is 0 Å². The quantitative estimate of drug-likeness (QED) is 0.414. The smallest absolute Gasteiger partial charge is 0.326 e. The van der Waals surface area contributed by atoms with E-state index in [4.69, 9.17) is 5.73 Å². The number of aliphatic carboxylic acids is 1. The molecule has 0 heterocycles. The van der Waals surface area contributed by atoms with Crippen LogP contribution in [-0.2, 0) is 20.8 Å². The predicted molar refractivity (Wildman–Crippen MR) is 112 cm³/mol. The Balaban J connectivity index is 2.83. The van der Waals surface area contributed by atoms with E-state index in [9.17, 15) is 19.5 Å². The SMILES string of the molecule is CC[C@H](C)[C@H](N)C(=O)N[C@@H](CCSC)C(=O)N[C@@H](Cc1ccccc1)C(=O)O. The Bertz CT molecular complexity index is 642. The van der Waals surface area contributed by atoms with Crippen LogP contribution in [0.25, 0.3) is 0 Å². The molecule has 0 aromatic heterocycles. The van der Waals surface area contributed by atoms with Gasteiger partial charge in [-0.3, -0.25) is 9.59 Å². The Morgan fingerprint density at radius 1 is 1.11 bits per heavy atom. The van der Waals surface area contributed by atoms with E-state index in [1.165, 1.54) is 0 Å². The van der Waals surface area contributed by atoms with Gasteiger partial charge in [-0.25, -0.2) is 4.79 Å². The summed E-state index contributed by atoms with van der Waals surface area (Å²) in [5.41, 5.74) is 6.76. The van der Waals surface area contributed by atoms with E-state index >= 15 is 0 Å². The number of benzene rings is 1. The van der Waals surface area contributed by atoms with Gasteiger partial charge in [-0.1, -0.05) is 50.6 Å². The van der Waals surface area contributed by atoms with Gasteiger partial charge in [0.05, 0.1) is 6.04 Å². The van der Waals surface area contributed by atoms with Crippen LogP contribution >= 0.6 is 11.8 Å². The number of carbonyl (C=O) groups excluding carboxylic acids is 2. The largest absolute Gasteiger partial charge is 0.480 e. The second-order valence-corrected chi connectivity index (χ2v) is 7.83. The Labute approximate surface area is 170 Å². The molecule has 0 unspecified atom stereocenters. The van der Waals surface area contributed by atoms with Crippen molar-refractivity contribution in [3.63, 3.8) is 0 Å². The molecule has 0 aliphatic rings. The zero-order valence-corrected chi connectivity index (χ0v) is 17.5. The second kappa shape index (κ2) is 12.4. The Hall–Kier alpha value is -2.06. The number of amides is 2. The molecule has 0 fully saturated rings. The van der Waals surface area contributed by atoms with Gasteiger partial charge in [0.25, 0.3) is 0 Å². The van der Waals surface area contributed by atoms with Crippen LogP contribution in [0.3, 0.4) is 0 Å². The molecule has 28 heavy (non-hydrogen) atoms. The summed E-state index contributed by atoms with van der Waals surface area (Å²) in [5.74, 6) is -1.40. The van der Waals surface area contributed by atoms with Gasteiger partial charge < -0.3 is 21.5 Å². The van der Waals surface area contributed by atoms with Crippen molar-refractivity contribution in [1.29, 1.82) is 0 Å². The molecule has 0 aliphatic heterocycles. The zero-order chi connectivity index (χ0) is 21.1. The summed E-state index contributed by atoms with van der Waals surface area (Å²) in [4.78, 5) is 36.7. The van der Waals surface area contributed by atoms with E-state index in [2.05, 4.69) is 10.6 Å². The molecule has 156 valence electrons. The van der Waals surface area contributed by atoms with E-state index in [1.54, 1.807) is 23.9 Å². The average Bonchev–Trinajstić information content (AvgIpc) is 2.69. The first-order chi connectivity index (χ1) is 13.3. The lowest BCUT2D eigenvalue weighted by atomic mass is 9.99. The van der Waals surface area contributed by atoms with Crippen molar-refractivity contribution in [2.24, 2.45) is 11.7 Å². The third-order valence-electron chi connectivity index (χ3n) is 4.70. The summed E-state index contributed by atoms with van der Waals surface area (Å²) in [5, 5.41) is 14.7. The fraction of sp³-hybridized carbons (Fsp3) is 0.550. The average molecular weight is 410 g/mol. The number of nitrogens with two attached hydrogens (primary N) is 1. The maximum absolute atomic E-state index is 12.7. The minimum absolute atomic E-state index is 0.0193. The van der Waals surface area contributed by atoms with E-state index in [0.717, 1.165) is 12.0 Å². The van der Waals surface area contributed by atoms with E-state index in [-0.39, 0.29) is 12.3 Å². The summed E-state index contributed by atoms with van der Waals surface area (Å²) < 4.78 is 0. The third kappa shape index (κ3) is 7.90. The maximum atomic E-state index is 12.7. The molecule has 0 spiro atoms. The molecule has 4 atom stereocenters. The van der Waals surface area contributed by atoms with Crippen molar-refractivity contribution < 1.29 is 19.5 Å².